The summed E-state index contributed by atoms with van der Waals surface area (Å²) in [5.74, 6) is -0.412. The van der Waals surface area contributed by atoms with Crippen molar-refractivity contribution in [2.75, 3.05) is 4.72 Å². The molecule has 0 fully saturated rings. The quantitative estimate of drug-likeness (QED) is 0.502. The molecule has 0 aliphatic heterocycles. The Labute approximate surface area is 154 Å². The van der Waals surface area contributed by atoms with Crippen molar-refractivity contribution in [3.05, 3.63) is 77.4 Å². The van der Waals surface area contributed by atoms with Crippen molar-refractivity contribution in [2.45, 2.75) is 4.21 Å². The van der Waals surface area contributed by atoms with Gasteiger partial charge in [-0.3, -0.25) is 14.5 Å². The van der Waals surface area contributed by atoms with Crippen molar-refractivity contribution < 1.29 is 13.2 Å². The second-order valence-corrected chi connectivity index (χ2v) is 7.93. The van der Waals surface area contributed by atoms with Crippen LogP contribution in [0.15, 0.2) is 75.5 Å². The number of hydrazone groups is 1. The van der Waals surface area contributed by atoms with Crippen LogP contribution >= 0.6 is 11.3 Å². The second-order valence-electron chi connectivity index (χ2n) is 5.07. The van der Waals surface area contributed by atoms with Gasteiger partial charge in [0.1, 0.15) is 4.21 Å². The number of carbonyl (C=O) groups is 1. The van der Waals surface area contributed by atoms with Crippen LogP contribution in [-0.4, -0.2) is 25.5 Å². The standard InChI is InChI=1S/C17H14N4O3S2/c22-17(20-19-12-15-4-1-2-10-18-15)13-6-8-14(9-7-13)21-26(23,24)16-5-3-11-25-16/h1-12,21H,(H,20,22)/b19-12-. The molecular weight excluding hydrogens is 372 g/mol. The number of pyridine rings is 1. The molecule has 0 aliphatic carbocycles. The van der Waals surface area contributed by atoms with Crippen molar-refractivity contribution in [3.8, 4) is 0 Å². The second kappa shape index (κ2) is 7.89. The van der Waals surface area contributed by atoms with Gasteiger partial charge in [-0.2, -0.15) is 5.10 Å². The summed E-state index contributed by atoms with van der Waals surface area (Å²) in [6.45, 7) is 0. The van der Waals surface area contributed by atoms with Crippen LogP contribution in [0.5, 0.6) is 0 Å². The molecule has 7 nitrogen and oxygen atoms in total. The van der Waals surface area contributed by atoms with E-state index in [1.54, 1.807) is 29.8 Å². The highest BCUT2D eigenvalue weighted by atomic mass is 32.2. The Bertz CT molecular complexity index is 1000. The smallest absolute Gasteiger partial charge is 0.271 e. The molecule has 2 aromatic heterocycles. The van der Waals surface area contributed by atoms with E-state index >= 15 is 0 Å². The molecule has 0 atom stereocenters. The van der Waals surface area contributed by atoms with Crippen molar-refractivity contribution in [1.82, 2.24) is 10.4 Å². The highest BCUT2D eigenvalue weighted by Crippen LogP contribution is 2.20. The predicted molar refractivity (Wildman–Crippen MR) is 101 cm³/mol. The summed E-state index contributed by atoms with van der Waals surface area (Å²) in [7, 11) is -3.61. The molecule has 1 aromatic carbocycles. The molecule has 1 amide bonds. The number of benzene rings is 1. The van der Waals surface area contributed by atoms with Gasteiger partial charge < -0.3 is 0 Å². The van der Waals surface area contributed by atoms with E-state index in [9.17, 15) is 13.2 Å². The molecule has 0 saturated carbocycles. The normalized spacial score (nSPS) is 11.4. The largest absolute Gasteiger partial charge is 0.279 e. The lowest BCUT2D eigenvalue weighted by Gasteiger charge is -2.07. The Morgan fingerprint density at radius 3 is 2.54 bits per heavy atom. The zero-order valence-electron chi connectivity index (χ0n) is 13.4. The van der Waals surface area contributed by atoms with E-state index in [0.717, 1.165) is 11.3 Å². The minimum atomic E-state index is -3.61. The molecular formula is C17H14N4O3S2. The van der Waals surface area contributed by atoms with Crippen LogP contribution in [0.25, 0.3) is 0 Å². The molecule has 0 bridgehead atoms. The number of aromatic nitrogens is 1. The van der Waals surface area contributed by atoms with Crippen LogP contribution in [0.3, 0.4) is 0 Å². The van der Waals surface area contributed by atoms with Gasteiger partial charge >= 0.3 is 0 Å². The first-order chi connectivity index (χ1) is 12.5. The van der Waals surface area contributed by atoms with E-state index in [1.165, 1.54) is 36.5 Å². The Morgan fingerprint density at radius 1 is 1.08 bits per heavy atom. The third-order valence-corrected chi connectivity index (χ3v) is 5.99. The van der Waals surface area contributed by atoms with E-state index in [-0.39, 0.29) is 4.21 Å². The SMILES string of the molecule is O=C(N/N=C\c1ccccn1)c1ccc(NS(=O)(=O)c2cccs2)cc1. The summed E-state index contributed by atoms with van der Waals surface area (Å²) in [5.41, 5.74) is 3.72. The zero-order valence-corrected chi connectivity index (χ0v) is 15.0. The molecule has 3 aromatic rings. The Balaban J connectivity index is 1.62. The van der Waals surface area contributed by atoms with Crippen LogP contribution in [0.1, 0.15) is 16.1 Å². The number of amides is 1. The lowest BCUT2D eigenvalue weighted by molar-refractivity contribution is 0.0955. The number of anilines is 1. The molecule has 0 radical (unpaired) electrons. The third kappa shape index (κ3) is 4.52. The minimum Gasteiger partial charge on any atom is -0.279 e. The van der Waals surface area contributed by atoms with E-state index in [4.69, 9.17) is 0 Å². The average Bonchev–Trinajstić information content (AvgIpc) is 3.19. The first-order valence-electron chi connectivity index (χ1n) is 7.45. The van der Waals surface area contributed by atoms with Crippen molar-refractivity contribution in [1.29, 1.82) is 0 Å². The number of nitrogens with one attached hydrogen (secondary N) is 2. The summed E-state index contributed by atoms with van der Waals surface area (Å²) in [6.07, 6.45) is 3.06. The average molecular weight is 386 g/mol. The summed E-state index contributed by atoms with van der Waals surface area (Å²) < 4.78 is 27.0. The van der Waals surface area contributed by atoms with Gasteiger partial charge in [0.05, 0.1) is 11.9 Å². The fraction of sp³-hybridized carbons (Fsp3) is 0. The molecule has 0 aliphatic rings. The van der Waals surface area contributed by atoms with Gasteiger partial charge in [-0.25, -0.2) is 13.8 Å². The highest BCUT2D eigenvalue weighted by Gasteiger charge is 2.15. The topological polar surface area (TPSA) is 101 Å². The lowest BCUT2D eigenvalue weighted by Crippen LogP contribution is -2.18. The molecule has 0 unspecified atom stereocenters. The highest BCUT2D eigenvalue weighted by molar-refractivity contribution is 7.94. The number of carbonyl (C=O) groups excluding carboxylic acids is 1. The maximum absolute atomic E-state index is 12.2. The van der Waals surface area contributed by atoms with Crippen molar-refractivity contribution >= 4 is 39.2 Å². The van der Waals surface area contributed by atoms with Gasteiger partial charge in [0.25, 0.3) is 15.9 Å². The van der Waals surface area contributed by atoms with Gasteiger partial charge in [0.15, 0.2) is 0 Å². The first kappa shape index (κ1) is 17.8. The number of nitrogens with zero attached hydrogens (tertiary/aromatic N) is 2. The molecule has 2 heterocycles. The third-order valence-electron chi connectivity index (χ3n) is 3.21. The Morgan fingerprint density at radius 2 is 1.88 bits per heavy atom. The molecule has 0 spiro atoms. The number of thiophene rings is 1. The molecule has 0 saturated heterocycles. The van der Waals surface area contributed by atoms with Crippen molar-refractivity contribution in [3.63, 3.8) is 0 Å². The molecule has 132 valence electrons. The lowest BCUT2D eigenvalue weighted by atomic mass is 10.2. The van der Waals surface area contributed by atoms with Crippen LogP contribution in [0, 0.1) is 0 Å². The van der Waals surface area contributed by atoms with Crippen molar-refractivity contribution in [2.24, 2.45) is 5.10 Å². The maximum atomic E-state index is 12.2. The van der Waals surface area contributed by atoms with Crippen LogP contribution in [-0.2, 0) is 10.0 Å². The van der Waals surface area contributed by atoms with Gasteiger partial charge in [-0.05, 0) is 47.8 Å². The van der Waals surface area contributed by atoms with Gasteiger partial charge in [-0.15, -0.1) is 11.3 Å². The Hall–Kier alpha value is -3.04. The van der Waals surface area contributed by atoms with Crippen LogP contribution in [0.4, 0.5) is 5.69 Å². The zero-order chi connectivity index (χ0) is 18.4. The molecule has 9 heteroatoms. The number of rotatable bonds is 6. The van der Waals surface area contributed by atoms with Gasteiger partial charge in [-0.1, -0.05) is 12.1 Å². The summed E-state index contributed by atoms with van der Waals surface area (Å²) in [5, 5.41) is 5.52. The van der Waals surface area contributed by atoms with Gasteiger partial charge in [0, 0.05) is 17.4 Å². The minimum absolute atomic E-state index is 0.225. The Kier molecular flexibility index (Phi) is 5.40. The van der Waals surface area contributed by atoms with E-state index in [2.05, 4.69) is 20.2 Å². The fourth-order valence-electron chi connectivity index (χ4n) is 1.99. The van der Waals surface area contributed by atoms with E-state index in [0.29, 0.717) is 16.9 Å². The fourth-order valence-corrected chi connectivity index (χ4v) is 4.04. The van der Waals surface area contributed by atoms with Crippen LogP contribution in [0.2, 0.25) is 0 Å². The van der Waals surface area contributed by atoms with E-state index in [1.807, 2.05) is 6.07 Å². The van der Waals surface area contributed by atoms with E-state index < -0.39 is 15.9 Å². The first-order valence-corrected chi connectivity index (χ1v) is 9.82. The number of hydrogen-bond acceptors (Lipinski definition) is 6. The van der Waals surface area contributed by atoms with Gasteiger partial charge in [0.2, 0.25) is 0 Å². The predicted octanol–water partition coefficient (Wildman–Crippen LogP) is 2.71. The monoisotopic (exact) mass is 386 g/mol. The number of hydrogen-bond donors (Lipinski definition) is 2. The van der Waals surface area contributed by atoms with Crippen LogP contribution < -0.4 is 10.1 Å². The maximum Gasteiger partial charge on any atom is 0.271 e. The summed E-state index contributed by atoms with van der Waals surface area (Å²) >= 11 is 1.13. The molecule has 3 rings (SSSR count). The molecule has 2 N–H and O–H groups in total. The summed E-state index contributed by atoms with van der Waals surface area (Å²) in [6, 6.07) is 14.6. The number of sulfonamides is 1. The summed E-state index contributed by atoms with van der Waals surface area (Å²) in [4.78, 5) is 16.1. The molecule has 26 heavy (non-hydrogen) atoms.